The van der Waals surface area contributed by atoms with E-state index in [-0.39, 0.29) is 11.8 Å². The fourth-order valence-corrected chi connectivity index (χ4v) is 2.27. The van der Waals surface area contributed by atoms with Gasteiger partial charge in [0.25, 0.3) is 0 Å². The third-order valence-electron chi connectivity index (χ3n) is 3.50. The van der Waals surface area contributed by atoms with Gasteiger partial charge in [0.1, 0.15) is 0 Å². The number of nitrogens with two attached hydrogens (primary N) is 1. The average molecular weight is 326 g/mol. The number of carbonyl (C=O) groups is 2. The van der Waals surface area contributed by atoms with E-state index in [2.05, 4.69) is 16.1 Å². The molecule has 126 valence electrons. The fourth-order valence-electron chi connectivity index (χ4n) is 2.27. The van der Waals surface area contributed by atoms with Crippen LogP contribution in [0.2, 0.25) is 0 Å². The molecule has 2 amide bonds. The first-order valence-electron chi connectivity index (χ1n) is 7.75. The Bertz CT molecular complexity index is 681. The van der Waals surface area contributed by atoms with Crippen LogP contribution in [0.4, 0.5) is 11.4 Å². The van der Waals surface area contributed by atoms with E-state index in [9.17, 15) is 9.59 Å². The summed E-state index contributed by atoms with van der Waals surface area (Å²) < 4.78 is 0. The maximum absolute atomic E-state index is 12.0. The number of rotatable bonds is 7. The standard InChI is InChI=1S/C18H22N4O2/c1-13(23)21-16-6-4-15(5-7-16)12-18(24)20-11-10-14-2-8-17(22-19)9-3-14/h2-9,22H,10-12,19H2,1H3,(H,20,24)(H,21,23). The van der Waals surface area contributed by atoms with E-state index in [1.807, 2.05) is 36.4 Å². The molecule has 0 bridgehead atoms. The molecule has 0 radical (unpaired) electrons. The highest BCUT2D eigenvalue weighted by Gasteiger charge is 2.04. The summed E-state index contributed by atoms with van der Waals surface area (Å²) in [6, 6.07) is 15.0. The Kier molecular flexibility index (Phi) is 6.33. The van der Waals surface area contributed by atoms with Crippen molar-refractivity contribution in [1.29, 1.82) is 0 Å². The molecule has 0 unspecified atom stereocenters. The molecule has 0 saturated heterocycles. The van der Waals surface area contributed by atoms with Crippen LogP contribution < -0.4 is 21.9 Å². The molecule has 6 nitrogen and oxygen atoms in total. The smallest absolute Gasteiger partial charge is 0.224 e. The Balaban J connectivity index is 1.75. The summed E-state index contributed by atoms with van der Waals surface area (Å²) in [4.78, 5) is 22.9. The number of benzene rings is 2. The second kappa shape index (κ2) is 8.69. The molecule has 0 aliphatic carbocycles. The molecular weight excluding hydrogens is 304 g/mol. The van der Waals surface area contributed by atoms with Crippen LogP contribution in [0, 0.1) is 0 Å². The topological polar surface area (TPSA) is 96.2 Å². The number of amides is 2. The number of hydrogen-bond donors (Lipinski definition) is 4. The minimum Gasteiger partial charge on any atom is -0.355 e. The fraction of sp³-hybridized carbons (Fsp3) is 0.222. The van der Waals surface area contributed by atoms with Crippen molar-refractivity contribution in [2.75, 3.05) is 17.3 Å². The average Bonchev–Trinajstić information content (AvgIpc) is 2.57. The Morgan fingerprint density at radius 3 is 2.08 bits per heavy atom. The SMILES string of the molecule is CC(=O)Nc1ccc(CC(=O)NCCc2ccc(NN)cc2)cc1. The number of carbonyl (C=O) groups excluding carboxylic acids is 2. The number of hydrazine groups is 1. The van der Waals surface area contributed by atoms with Gasteiger partial charge in [-0.15, -0.1) is 0 Å². The third kappa shape index (κ3) is 5.73. The highest BCUT2D eigenvalue weighted by molar-refractivity contribution is 5.88. The predicted octanol–water partition coefficient (Wildman–Crippen LogP) is 1.83. The van der Waals surface area contributed by atoms with Crippen LogP contribution in [0.5, 0.6) is 0 Å². The molecule has 0 atom stereocenters. The normalized spacial score (nSPS) is 10.1. The van der Waals surface area contributed by atoms with Gasteiger partial charge in [0.2, 0.25) is 11.8 Å². The van der Waals surface area contributed by atoms with E-state index in [0.29, 0.717) is 13.0 Å². The van der Waals surface area contributed by atoms with Gasteiger partial charge in [-0.3, -0.25) is 15.4 Å². The molecule has 2 aromatic carbocycles. The Morgan fingerprint density at radius 2 is 1.50 bits per heavy atom. The second-order valence-corrected chi connectivity index (χ2v) is 5.50. The predicted molar refractivity (Wildman–Crippen MR) is 95.4 cm³/mol. The number of hydrogen-bond acceptors (Lipinski definition) is 4. The molecule has 0 saturated carbocycles. The first kappa shape index (κ1) is 17.5. The van der Waals surface area contributed by atoms with Gasteiger partial charge in [-0.05, 0) is 41.8 Å². The first-order valence-corrected chi connectivity index (χ1v) is 7.75. The Morgan fingerprint density at radius 1 is 0.917 bits per heavy atom. The van der Waals surface area contributed by atoms with Crippen LogP contribution >= 0.6 is 0 Å². The lowest BCUT2D eigenvalue weighted by Gasteiger charge is -2.07. The van der Waals surface area contributed by atoms with Crippen molar-refractivity contribution in [3.05, 3.63) is 59.7 Å². The molecule has 0 fully saturated rings. The van der Waals surface area contributed by atoms with Gasteiger partial charge in [0.05, 0.1) is 6.42 Å². The summed E-state index contributed by atoms with van der Waals surface area (Å²) in [7, 11) is 0. The summed E-state index contributed by atoms with van der Waals surface area (Å²) in [5.41, 5.74) is 6.19. The van der Waals surface area contributed by atoms with Gasteiger partial charge >= 0.3 is 0 Å². The summed E-state index contributed by atoms with van der Waals surface area (Å²) in [6.07, 6.45) is 1.08. The van der Waals surface area contributed by atoms with Crippen LogP contribution in [-0.2, 0) is 22.4 Å². The molecule has 0 heterocycles. The monoisotopic (exact) mass is 326 g/mol. The molecule has 5 N–H and O–H groups in total. The minimum absolute atomic E-state index is 0.0254. The quantitative estimate of drug-likeness (QED) is 0.461. The molecule has 2 rings (SSSR count). The van der Waals surface area contributed by atoms with E-state index in [4.69, 9.17) is 5.84 Å². The lowest BCUT2D eigenvalue weighted by Crippen LogP contribution is -2.27. The largest absolute Gasteiger partial charge is 0.355 e. The van der Waals surface area contributed by atoms with E-state index >= 15 is 0 Å². The molecule has 0 aliphatic heterocycles. The van der Waals surface area contributed by atoms with Crippen LogP contribution in [0.3, 0.4) is 0 Å². The van der Waals surface area contributed by atoms with E-state index in [1.54, 1.807) is 12.1 Å². The van der Waals surface area contributed by atoms with Crippen molar-refractivity contribution < 1.29 is 9.59 Å². The van der Waals surface area contributed by atoms with Crippen molar-refractivity contribution in [3.63, 3.8) is 0 Å². The zero-order valence-electron chi connectivity index (χ0n) is 13.6. The third-order valence-corrected chi connectivity index (χ3v) is 3.50. The van der Waals surface area contributed by atoms with Gasteiger partial charge in [-0.1, -0.05) is 24.3 Å². The van der Waals surface area contributed by atoms with Crippen molar-refractivity contribution in [3.8, 4) is 0 Å². The zero-order valence-corrected chi connectivity index (χ0v) is 13.6. The summed E-state index contributed by atoms with van der Waals surface area (Å²) in [5, 5.41) is 5.60. The molecular formula is C18H22N4O2. The minimum atomic E-state index is -0.115. The van der Waals surface area contributed by atoms with Crippen LogP contribution in [-0.4, -0.2) is 18.4 Å². The number of nitrogen functional groups attached to an aromatic ring is 1. The highest BCUT2D eigenvalue weighted by atomic mass is 16.2. The Labute approximate surface area is 141 Å². The van der Waals surface area contributed by atoms with Gasteiger partial charge in [0.15, 0.2) is 0 Å². The maximum Gasteiger partial charge on any atom is 0.224 e. The van der Waals surface area contributed by atoms with Crippen molar-refractivity contribution in [2.24, 2.45) is 5.84 Å². The molecule has 24 heavy (non-hydrogen) atoms. The van der Waals surface area contributed by atoms with Gasteiger partial charge in [0, 0.05) is 24.8 Å². The summed E-state index contributed by atoms with van der Waals surface area (Å²) in [5.74, 6) is 5.18. The molecule has 2 aromatic rings. The van der Waals surface area contributed by atoms with Crippen LogP contribution in [0.25, 0.3) is 0 Å². The van der Waals surface area contributed by atoms with E-state index < -0.39 is 0 Å². The maximum atomic E-state index is 12.0. The van der Waals surface area contributed by atoms with Gasteiger partial charge < -0.3 is 16.1 Å². The Hall–Kier alpha value is -2.86. The molecule has 0 spiro atoms. The molecule has 0 aromatic heterocycles. The summed E-state index contributed by atoms with van der Waals surface area (Å²) >= 11 is 0. The van der Waals surface area contributed by atoms with Crippen molar-refractivity contribution in [1.82, 2.24) is 5.32 Å². The van der Waals surface area contributed by atoms with E-state index in [1.165, 1.54) is 6.92 Å². The van der Waals surface area contributed by atoms with E-state index in [0.717, 1.165) is 28.9 Å². The number of nitrogens with one attached hydrogen (secondary N) is 3. The van der Waals surface area contributed by atoms with Crippen LogP contribution in [0.1, 0.15) is 18.1 Å². The first-order chi connectivity index (χ1) is 11.6. The second-order valence-electron chi connectivity index (χ2n) is 5.50. The van der Waals surface area contributed by atoms with Crippen LogP contribution in [0.15, 0.2) is 48.5 Å². The molecule has 6 heteroatoms. The van der Waals surface area contributed by atoms with Crippen molar-refractivity contribution >= 4 is 23.2 Å². The summed E-state index contributed by atoms with van der Waals surface area (Å²) in [6.45, 7) is 2.04. The zero-order chi connectivity index (χ0) is 17.4. The van der Waals surface area contributed by atoms with Gasteiger partial charge in [-0.25, -0.2) is 0 Å². The van der Waals surface area contributed by atoms with Crippen molar-refractivity contribution in [2.45, 2.75) is 19.8 Å². The highest BCUT2D eigenvalue weighted by Crippen LogP contribution is 2.10. The lowest BCUT2D eigenvalue weighted by molar-refractivity contribution is -0.120. The number of anilines is 2. The lowest BCUT2D eigenvalue weighted by atomic mass is 10.1. The molecule has 0 aliphatic rings. The van der Waals surface area contributed by atoms with Gasteiger partial charge in [-0.2, -0.15) is 0 Å².